The molecule has 1 atom stereocenters. The third-order valence-corrected chi connectivity index (χ3v) is 4.63. The van der Waals surface area contributed by atoms with E-state index in [2.05, 4.69) is 0 Å². The van der Waals surface area contributed by atoms with Crippen molar-refractivity contribution in [1.82, 2.24) is 4.90 Å². The number of hydrogen-bond donors (Lipinski definition) is 1. The average Bonchev–Trinajstić information content (AvgIpc) is 2.91. The van der Waals surface area contributed by atoms with Crippen LogP contribution in [0.4, 0.5) is 4.39 Å². The van der Waals surface area contributed by atoms with Gasteiger partial charge >= 0.3 is 0 Å². The Kier molecular flexibility index (Phi) is 5.58. The number of aliphatic hydroxyl groups is 1. The molecule has 1 amide bonds. The van der Waals surface area contributed by atoms with E-state index < -0.39 is 23.5 Å². The van der Waals surface area contributed by atoms with Crippen LogP contribution < -0.4 is 0 Å². The molecule has 1 heterocycles. The van der Waals surface area contributed by atoms with Crippen LogP contribution in [-0.2, 0) is 14.3 Å². The number of carbonyl (C=O) groups is 2. The van der Waals surface area contributed by atoms with Crippen molar-refractivity contribution in [2.75, 3.05) is 20.3 Å². The summed E-state index contributed by atoms with van der Waals surface area (Å²) in [6.45, 7) is 0.405. The predicted molar refractivity (Wildman–Crippen MR) is 98.7 cm³/mol. The van der Waals surface area contributed by atoms with E-state index in [1.165, 1.54) is 36.3 Å². The Bertz CT molecular complexity index is 893. The van der Waals surface area contributed by atoms with Gasteiger partial charge < -0.3 is 14.7 Å². The van der Waals surface area contributed by atoms with E-state index in [1.807, 2.05) is 0 Å². The first kappa shape index (κ1) is 19.1. The fourth-order valence-electron chi connectivity index (χ4n) is 3.06. The smallest absolute Gasteiger partial charge is 0.295 e. The molecule has 0 saturated carbocycles. The number of Topliss-reactive ketones (excluding diaryl/α,β-unsaturated/α-hetero) is 1. The summed E-state index contributed by atoms with van der Waals surface area (Å²) >= 11 is 5.94. The molecule has 0 aromatic heterocycles. The van der Waals surface area contributed by atoms with Gasteiger partial charge in [-0.1, -0.05) is 23.7 Å². The number of nitrogens with zero attached hydrogens (tertiary/aromatic N) is 1. The maximum absolute atomic E-state index is 13.2. The fourth-order valence-corrected chi connectivity index (χ4v) is 3.18. The zero-order valence-corrected chi connectivity index (χ0v) is 15.2. The van der Waals surface area contributed by atoms with Gasteiger partial charge in [-0.25, -0.2) is 4.39 Å². The number of hydrogen-bond acceptors (Lipinski definition) is 4. The van der Waals surface area contributed by atoms with Gasteiger partial charge in [-0.05, 0) is 42.0 Å². The first-order valence-corrected chi connectivity index (χ1v) is 8.60. The Labute approximate surface area is 160 Å². The molecule has 1 aliphatic heterocycles. The minimum absolute atomic E-state index is 0.0509. The van der Waals surface area contributed by atoms with Gasteiger partial charge in [0.05, 0.1) is 18.2 Å². The van der Waals surface area contributed by atoms with Crippen molar-refractivity contribution in [2.45, 2.75) is 6.04 Å². The van der Waals surface area contributed by atoms with Gasteiger partial charge in [0.2, 0.25) is 0 Å². The molecule has 7 heteroatoms. The molecule has 0 radical (unpaired) electrons. The van der Waals surface area contributed by atoms with Gasteiger partial charge in [0.1, 0.15) is 11.6 Å². The summed E-state index contributed by atoms with van der Waals surface area (Å²) in [6.07, 6.45) is 0. The molecule has 0 aliphatic carbocycles. The van der Waals surface area contributed by atoms with Crippen molar-refractivity contribution in [3.63, 3.8) is 0 Å². The number of carbonyl (C=O) groups excluding carboxylic acids is 2. The normalized spacial score (nSPS) is 18.9. The molecule has 0 spiro atoms. The molecule has 3 rings (SSSR count). The Morgan fingerprint density at radius 1 is 1.15 bits per heavy atom. The van der Waals surface area contributed by atoms with Crippen LogP contribution in [0, 0.1) is 5.82 Å². The molecular formula is C20H17ClFNO4. The van der Waals surface area contributed by atoms with E-state index in [9.17, 15) is 19.1 Å². The van der Waals surface area contributed by atoms with Crippen LogP contribution in [0.2, 0.25) is 5.02 Å². The van der Waals surface area contributed by atoms with Crippen LogP contribution in [0.1, 0.15) is 17.2 Å². The van der Waals surface area contributed by atoms with Gasteiger partial charge in [-0.3, -0.25) is 9.59 Å². The summed E-state index contributed by atoms with van der Waals surface area (Å²) < 4.78 is 18.2. The SMILES string of the molecule is COCCN1C(=O)C(=O)/C(=C(\O)c2ccc(F)cc2)C1c1ccc(Cl)cc1. The third kappa shape index (κ3) is 3.72. The van der Waals surface area contributed by atoms with Crippen LogP contribution in [0.15, 0.2) is 54.1 Å². The maximum atomic E-state index is 13.2. The summed E-state index contributed by atoms with van der Waals surface area (Å²) in [7, 11) is 1.49. The quantitative estimate of drug-likeness (QED) is 0.482. The monoisotopic (exact) mass is 389 g/mol. The first-order chi connectivity index (χ1) is 12.9. The first-order valence-electron chi connectivity index (χ1n) is 8.22. The highest BCUT2D eigenvalue weighted by Gasteiger charge is 2.45. The number of benzene rings is 2. The molecule has 27 heavy (non-hydrogen) atoms. The van der Waals surface area contributed by atoms with E-state index in [-0.39, 0.29) is 30.0 Å². The topological polar surface area (TPSA) is 66.8 Å². The van der Waals surface area contributed by atoms with Crippen LogP contribution in [0.25, 0.3) is 5.76 Å². The third-order valence-electron chi connectivity index (χ3n) is 4.38. The summed E-state index contributed by atoms with van der Waals surface area (Å²) in [6, 6.07) is 10.9. The molecule has 1 fully saturated rings. The minimum atomic E-state index is -0.798. The van der Waals surface area contributed by atoms with Crippen molar-refractivity contribution in [3.05, 3.63) is 76.1 Å². The Hall–Kier alpha value is -2.70. The standard InChI is InChI=1S/C20H17ClFNO4/c1-27-11-10-23-17(12-2-6-14(21)7-3-12)16(19(25)20(23)26)18(24)13-4-8-15(22)9-5-13/h2-9,17,24H,10-11H2,1H3/b18-16-. The second-order valence-corrected chi connectivity index (χ2v) is 6.48. The average molecular weight is 390 g/mol. The molecule has 1 saturated heterocycles. The van der Waals surface area contributed by atoms with E-state index in [4.69, 9.17) is 16.3 Å². The second-order valence-electron chi connectivity index (χ2n) is 6.04. The molecule has 5 nitrogen and oxygen atoms in total. The van der Waals surface area contributed by atoms with Gasteiger partial charge in [0, 0.05) is 24.2 Å². The lowest BCUT2D eigenvalue weighted by Gasteiger charge is -2.25. The van der Waals surface area contributed by atoms with Crippen molar-refractivity contribution >= 4 is 29.1 Å². The lowest BCUT2D eigenvalue weighted by atomic mass is 9.95. The Balaban J connectivity index is 2.14. The summed E-state index contributed by atoms with van der Waals surface area (Å²) in [4.78, 5) is 26.6. The highest BCUT2D eigenvalue weighted by Crippen LogP contribution is 2.39. The van der Waals surface area contributed by atoms with Gasteiger partial charge in [-0.15, -0.1) is 0 Å². The van der Waals surface area contributed by atoms with Crippen LogP contribution >= 0.6 is 11.6 Å². The molecule has 2 aromatic rings. The lowest BCUT2D eigenvalue weighted by Crippen LogP contribution is -2.32. The van der Waals surface area contributed by atoms with Crippen molar-refractivity contribution in [3.8, 4) is 0 Å². The zero-order valence-electron chi connectivity index (χ0n) is 14.5. The van der Waals surface area contributed by atoms with E-state index >= 15 is 0 Å². The number of aliphatic hydroxyl groups excluding tert-OH is 1. The largest absolute Gasteiger partial charge is 0.507 e. The Morgan fingerprint density at radius 3 is 2.37 bits per heavy atom. The number of ether oxygens (including phenoxy) is 1. The number of likely N-dealkylation sites (tertiary alicyclic amines) is 1. The molecule has 2 aromatic carbocycles. The number of ketones is 1. The summed E-state index contributed by atoms with van der Waals surface area (Å²) in [5.41, 5.74) is 0.823. The van der Waals surface area contributed by atoms with Gasteiger partial charge in [0.25, 0.3) is 11.7 Å². The van der Waals surface area contributed by atoms with E-state index in [0.717, 1.165) is 0 Å². The van der Waals surface area contributed by atoms with Gasteiger partial charge in [0.15, 0.2) is 0 Å². The fraction of sp³-hybridized carbons (Fsp3) is 0.200. The second kappa shape index (κ2) is 7.90. The molecular weight excluding hydrogens is 373 g/mol. The maximum Gasteiger partial charge on any atom is 0.295 e. The minimum Gasteiger partial charge on any atom is -0.507 e. The van der Waals surface area contributed by atoms with Crippen LogP contribution in [0.5, 0.6) is 0 Å². The number of halogens is 2. The summed E-state index contributed by atoms with van der Waals surface area (Å²) in [5, 5.41) is 11.2. The molecule has 1 unspecified atom stereocenters. The predicted octanol–water partition coefficient (Wildman–Crippen LogP) is 3.55. The van der Waals surface area contributed by atoms with E-state index in [0.29, 0.717) is 10.6 Å². The lowest BCUT2D eigenvalue weighted by molar-refractivity contribution is -0.140. The van der Waals surface area contributed by atoms with Crippen molar-refractivity contribution < 1.29 is 23.8 Å². The Morgan fingerprint density at radius 2 is 1.78 bits per heavy atom. The molecule has 1 N–H and O–H groups in total. The van der Waals surface area contributed by atoms with Crippen molar-refractivity contribution in [1.29, 1.82) is 0 Å². The van der Waals surface area contributed by atoms with Gasteiger partial charge in [-0.2, -0.15) is 0 Å². The van der Waals surface area contributed by atoms with Crippen LogP contribution in [-0.4, -0.2) is 42.0 Å². The highest BCUT2D eigenvalue weighted by molar-refractivity contribution is 6.46. The molecule has 0 bridgehead atoms. The molecule has 140 valence electrons. The zero-order chi connectivity index (χ0) is 19.6. The number of rotatable bonds is 5. The number of methoxy groups -OCH3 is 1. The summed E-state index contributed by atoms with van der Waals surface area (Å²) in [5.74, 6) is -2.35. The van der Waals surface area contributed by atoms with E-state index in [1.54, 1.807) is 24.3 Å². The number of amides is 1. The highest BCUT2D eigenvalue weighted by atomic mass is 35.5. The molecule has 1 aliphatic rings. The van der Waals surface area contributed by atoms with Crippen LogP contribution in [0.3, 0.4) is 0 Å². The van der Waals surface area contributed by atoms with Crippen molar-refractivity contribution in [2.24, 2.45) is 0 Å².